The maximum atomic E-state index is 11.4. The van der Waals surface area contributed by atoms with Crippen molar-refractivity contribution in [3.05, 3.63) is 0 Å². The zero-order valence-electron chi connectivity index (χ0n) is 7.12. The van der Waals surface area contributed by atoms with E-state index in [4.69, 9.17) is 5.73 Å². The van der Waals surface area contributed by atoms with Crippen LogP contribution in [0.1, 0.15) is 25.7 Å². The van der Waals surface area contributed by atoms with E-state index in [2.05, 4.69) is 4.72 Å². The Labute approximate surface area is 76.7 Å². The summed E-state index contributed by atoms with van der Waals surface area (Å²) < 4.78 is 25.3. The van der Waals surface area contributed by atoms with Crippen LogP contribution in [0.2, 0.25) is 0 Å². The summed E-state index contributed by atoms with van der Waals surface area (Å²) >= 11 is 0. The third-order valence-electron chi connectivity index (χ3n) is 2.52. The van der Waals surface area contributed by atoms with Gasteiger partial charge >= 0.3 is 0 Å². The fourth-order valence-corrected chi connectivity index (χ4v) is 3.03. The van der Waals surface area contributed by atoms with Crippen LogP contribution < -0.4 is 10.5 Å². The van der Waals surface area contributed by atoms with Crippen LogP contribution in [-0.4, -0.2) is 25.1 Å². The molecule has 2 fully saturated rings. The summed E-state index contributed by atoms with van der Waals surface area (Å²) in [5.74, 6) is -0.559. The highest BCUT2D eigenvalue weighted by Gasteiger charge is 2.53. The molecule has 0 saturated heterocycles. The minimum absolute atomic E-state index is 0.288. The number of nitrogens with one attached hydrogen (secondary N) is 1. The minimum atomic E-state index is -3.28. The summed E-state index contributed by atoms with van der Waals surface area (Å²) in [6.07, 6.45) is 2.47. The van der Waals surface area contributed by atoms with Crippen molar-refractivity contribution in [1.29, 1.82) is 0 Å². The highest BCUT2D eigenvalue weighted by molar-refractivity contribution is 7.90. The molecular weight excluding hydrogens is 192 g/mol. The Balaban J connectivity index is 2.09. The van der Waals surface area contributed by atoms with E-state index in [9.17, 15) is 13.2 Å². The topological polar surface area (TPSA) is 89.3 Å². The zero-order chi connectivity index (χ0) is 9.69. The molecule has 0 bridgehead atoms. The molecule has 2 rings (SSSR count). The molecule has 74 valence electrons. The predicted octanol–water partition coefficient (Wildman–Crippen LogP) is -0.914. The average Bonchev–Trinajstić information content (AvgIpc) is 2.81. The van der Waals surface area contributed by atoms with Crippen molar-refractivity contribution < 1.29 is 13.2 Å². The molecule has 2 aliphatic rings. The van der Waals surface area contributed by atoms with Gasteiger partial charge in [0.2, 0.25) is 15.9 Å². The molecule has 0 heterocycles. The van der Waals surface area contributed by atoms with E-state index in [0.717, 1.165) is 0 Å². The van der Waals surface area contributed by atoms with Gasteiger partial charge < -0.3 is 5.73 Å². The molecule has 0 spiro atoms. The lowest BCUT2D eigenvalue weighted by Gasteiger charge is -2.12. The van der Waals surface area contributed by atoms with Gasteiger partial charge in [0.15, 0.2) is 0 Å². The van der Waals surface area contributed by atoms with Gasteiger partial charge in [0.05, 0.1) is 5.25 Å². The third-order valence-corrected chi connectivity index (χ3v) is 4.55. The number of sulfonamides is 1. The molecule has 6 heteroatoms. The van der Waals surface area contributed by atoms with E-state index >= 15 is 0 Å². The molecular formula is C7H12N2O3S. The quantitative estimate of drug-likeness (QED) is 0.621. The SMILES string of the molecule is NC(=O)C1(NS(=O)(=O)C2CC2)CC1. The van der Waals surface area contributed by atoms with Crippen molar-refractivity contribution >= 4 is 15.9 Å². The first-order valence-corrected chi connectivity index (χ1v) is 5.84. The lowest BCUT2D eigenvalue weighted by atomic mass is 10.3. The van der Waals surface area contributed by atoms with Crippen molar-refractivity contribution in [2.45, 2.75) is 36.5 Å². The summed E-state index contributed by atoms with van der Waals surface area (Å²) in [7, 11) is -3.28. The minimum Gasteiger partial charge on any atom is -0.368 e. The van der Waals surface area contributed by atoms with Gasteiger partial charge in [0, 0.05) is 0 Å². The number of hydrogen-bond acceptors (Lipinski definition) is 3. The first-order chi connectivity index (χ1) is 5.96. The molecule has 13 heavy (non-hydrogen) atoms. The molecule has 0 aromatic heterocycles. The Kier molecular flexibility index (Phi) is 1.69. The molecule has 0 unspecified atom stereocenters. The number of carbonyl (C=O) groups is 1. The van der Waals surface area contributed by atoms with Crippen molar-refractivity contribution in [1.82, 2.24) is 4.72 Å². The van der Waals surface area contributed by atoms with Gasteiger partial charge in [-0.05, 0) is 25.7 Å². The Morgan fingerprint density at radius 3 is 2.23 bits per heavy atom. The maximum Gasteiger partial charge on any atom is 0.238 e. The molecule has 0 aliphatic heterocycles. The second-order valence-electron chi connectivity index (χ2n) is 3.79. The first kappa shape index (κ1) is 8.96. The van der Waals surface area contributed by atoms with Crippen LogP contribution in [0, 0.1) is 0 Å². The van der Waals surface area contributed by atoms with Crippen LogP contribution in [0.25, 0.3) is 0 Å². The highest BCUT2D eigenvalue weighted by atomic mass is 32.2. The summed E-state index contributed by atoms with van der Waals surface area (Å²) in [4.78, 5) is 10.9. The van der Waals surface area contributed by atoms with Gasteiger partial charge in [-0.25, -0.2) is 8.42 Å². The molecule has 0 aromatic carbocycles. The summed E-state index contributed by atoms with van der Waals surface area (Å²) in [6.45, 7) is 0. The molecule has 0 aromatic rings. The van der Waals surface area contributed by atoms with Crippen molar-refractivity contribution in [2.75, 3.05) is 0 Å². The standard InChI is InChI=1S/C7H12N2O3S/c8-6(10)7(3-4-7)9-13(11,12)5-1-2-5/h5,9H,1-4H2,(H2,8,10). The summed E-state index contributed by atoms with van der Waals surface area (Å²) in [6, 6.07) is 0. The normalized spacial score (nSPS) is 25.5. The van der Waals surface area contributed by atoms with Gasteiger partial charge in [-0.3, -0.25) is 4.79 Å². The Morgan fingerprint density at radius 2 is 1.92 bits per heavy atom. The predicted molar refractivity (Wildman–Crippen MR) is 46.2 cm³/mol. The van der Waals surface area contributed by atoms with Crippen LogP contribution in [0.4, 0.5) is 0 Å². The Morgan fingerprint density at radius 1 is 1.38 bits per heavy atom. The number of hydrogen-bond donors (Lipinski definition) is 2. The van der Waals surface area contributed by atoms with Gasteiger partial charge in [0.25, 0.3) is 0 Å². The number of carbonyl (C=O) groups excluding carboxylic acids is 1. The fraction of sp³-hybridized carbons (Fsp3) is 0.857. The number of primary amides is 1. The zero-order valence-corrected chi connectivity index (χ0v) is 7.93. The molecule has 3 N–H and O–H groups in total. The number of amides is 1. The molecule has 5 nitrogen and oxygen atoms in total. The molecule has 0 atom stereocenters. The van der Waals surface area contributed by atoms with Gasteiger partial charge in [-0.1, -0.05) is 0 Å². The van der Waals surface area contributed by atoms with Gasteiger partial charge in [-0.15, -0.1) is 0 Å². The first-order valence-electron chi connectivity index (χ1n) is 4.29. The van der Waals surface area contributed by atoms with Gasteiger partial charge in [0.1, 0.15) is 5.54 Å². The second kappa shape index (κ2) is 2.45. The van der Waals surface area contributed by atoms with E-state index in [1.165, 1.54) is 0 Å². The van der Waals surface area contributed by atoms with E-state index in [1.807, 2.05) is 0 Å². The molecule has 2 saturated carbocycles. The van der Waals surface area contributed by atoms with Crippen LogP contribution in [0.5, 0.6) is 0 Å². The number of nitrogens with two attached hydrogens (primary N) is 1. The molecule has 2 aliphatic carbocycles. The lowest BCUT2D eigenvalue weighted by molar-refractivity contribution is -0.120. The monoisotopic (exact) mass is 204 g/mol. The highest BCUT2D eigenvalue weighted by Crippen LogP contribution is 2.38. The molecule has 0 radical (unpaired) electrons. The van der Waals surface area contributed by atoms with E-state index in [-0.39, 0.29) is 5.25 Å². The average molecular weight is 204 g/mol. The van der Waals surface area contributed by atoms with E-state index < -0.39 is 21.5 Å². The Bertz CT molecular complexity index is 341. The van der Waals surface area contributed by atoms with E-state index in [0.29, 0.717) is 25.7 Å². The number of rotatable bonds is 4. The van der Waals surface area contributed by atoms with Crippen LogP contribution in [-0.2, 0) is 14.8 Å². The largest absolute Gasteiger partial charge is 0.368 e. The van der Waals surface area contributed by atoms with Crippen molar-refractivity contribution in [3.8, 4) is 0 Å². The van der Waals surface area contributed by atoms with Crippen molar-refractivity contribution in [3.63, 3.8) is 0 Å². The lowest BCUT2D eigenvalue weighted by Crippen LogP contribution is -2.47. The van der Waals surface area contributed by atoms with Crippen LogP contribution in [0.3, 0.4) is 0 Å². The maximum absolute atomic E-state index is 11.4. The smallest absolute Gasteiger partial charge is 0.238 e. The fourth-order valence-electron chi connectivity index (χ4n) is 1.26. The summed E-state index contributed by atoms with van der Waals surface area (Å²) in [5, 5.41) is -0.288. The van der Waals surface area contributed by atoms with Gasteiger partial charge in [-0.2, -0.15) is 4.72 Å². The summed E-state index contributed by atoms with van der Waals surface area (Å²) in [5.41, 5.74) is 4.15. The van der Waals surface area contributed by atoms with E-state index in [1.54, 1.807) is 0 Å². The Hall–Kier alpha value is -0.620. The second-order valence-corrected chi connectivity index (χ2v) is 5.75. The third kappa shape index (κ3) is 1.55. The van der Waals surface area contributed by atoms with Crippen molar-refractivity contribution in [2.24, 2.45) is 5.73 Å². The molecule has 1 amide bonds. The van der Waals surface area contributed by atoms with Crippen LogP contribution >= 0.6 is 0 Å². The van der Waals surface area contributed by atoms with Crippen LogP contribution in [0.15, 0.2) is 0 Å².